The molecule has 1 aliphatic heterocycles. The van der Waals surface area contributed by atoms with E-state index in [1.807, 2.05) is 0 Å². The summed E-state index contributed by atoms with van der Waals surface area (Å²) >= 11 is 11.7. The molecular weight excluding hydrogens is 217 g/mol. The quantitative estimate of drug-likeness (QED) is 0.678. The summed E-state index contributed by atoms with van der Waals surface area (Å²) in [6, 6.07) is 0. The highest BCUT2D eigenvalue weighted by Gasteiger charge is 2.22. The van der Waals surface area contributed by atoms with Crippen LogP contribution in [-0.4, -0.2) is 29.9 Å². The minimum atomic E-state index is 0.321. The average molecular weight is 236 g/mol. The maximum Gasteiger partial charge on any atom is 0.0337 e. The highest BCUT2D eigenvalue weighted by Crippen LogP contribution is 2.24. The largest absolute Gasteiger partial charge is 0.299 e. The van der Waals surface area contributed by atoms with Gasteiger partial charge in [-0.3, -0.25) is 4.90 Å². The van der Waals surface area contributed by atoms with Crippen LogP contribution in [-0.2, 0) is 0 Å². The summed E-state index contributed by atoms with van der Waals surface area (Å²) in [4.78, 5) is 2.45. The maximum atomic E-state index is 6.09. The van der Waals surface area contributed by atoms with Crippen LogP contribution in [0, 0.1) is 5.92 Å². The highest BCUT2D eigenvalue weighted by molar-refractivity contribution is 6.25. The molecule has 1 nitrogen and oxygen atoms in total. The summed E-state index contributed by atoms with van der Waals surface area (Å²) in [5.74, 6) is 0.702. The summed E-state index contributed by atoms with van der Waals surface area (Å²) in [5, 5.41) is 0.321. The molecule has 82 valence electrons. The lowest BCUT2D eigenvalue weighted by atomic mass is 9.94. The van der Waals surface area contributed by atoms with E-state index in [1.54, 1.807) is 5.54 Å². The molecule has 1 saturated heterocycles. The molecule has 0 aromatic carbocycles. The summed E-state index contributed by atoms with van der Waals surface area (Å²) < 4.78 is 0. The predicted molar refractivity (Wildman–Crippen MR) is 64.1 cm³/mol. The van der Waals surface area contributed by atoms with E-state index >= 15 is 0 Å². The normalized spacial score (nSPS) is 23.9. The van der Waals surface area contributed by atoms with Gasteiger partial charge in [0, 0.05) is 17.5 Å². The Balaban J connectivity index is 2.29. The molecule has 1 atom stereocenters. The Morgan fingerprint density at radius 1 is 1.50 bits per heavy atom. The molecule has 1 unspecified atom stereocenters. The van der Waals surface area contributed by atoms with Gasteiger partial charge in [0.2, 0.25) is 0 Å². The number of piperidine rings is 1. The molecule has 0 bridgehead atoms. The maximum absolute atomic E-state index is 6.09. The van der Waals surface area contributed by atoms with Crippen molar-refractivity contribution in [1.29, 1.82) is 0 Å². The van der Waals surface area contributed by atoms with Crippen molar-refractivity contribution in [1.82, 2.24) is 4.90 Å². The van der Waals surface area contributed by atoms with Crippen molar-refractivity contribution in [2.45, 2.75) is 32.1 Å². The van der Waals surface area contributed by atoms with Crippen molar-refractivity contribution < 1.29 is 0 Å². The molecule has 14 heavy (non-hydrogen) atoms. The second kappa shape index (κ2) is 5.99. The molecule has 0 aromatic rings. The van der Waals surface area contributed by atoms with Gasteiger partial charge in [0.05, 0.1) is 0 Å². The highest BCUT2D eigenvalue weighted by atomic mass is 35.5. The zero-order chi connectivity index (χ0) is 10.6. The van der Waals surface area contributed by atoms with Crippen LogP contribution in [0.4, 0.5) is 0 Å². The summed E-state index contributed by atoms with van der Waals surface area (Å²) in [6.45, 7) is 7.50. The van der Waals surface area contributed by atoms with Gasteiger partial charge >= 0.3 is 0 Å². The monoisotopic (exact) mass is 235 g/mol. The smallest absolute Gasteiger partial charge is 0.0337 e. The minimum absolute atomic E-state index is 0.321. The Hall–Kier alpha value is 0.280. The van der Waals surface area contributed by atoms with Crippen LogP contribution in [0.1, 0.15) is 26.7 Å². The van der Waals surface area contributed by atoms with Crippen molar-refractivity contribution in [2.24, 2.45) is 5.92 Å². The Kier molecular flexibility index (Phi) is 5.29. The molecule has 0 aromatic heterocycles. The molecule has 0 N–H and O–H groups in total. The molecular formula is C11H19Cl2N. The first-order valence-electron chi connectivity index (χ1n) is 5.25. The van der Waals surface area contributed by atoms with Crippen molar-refractivity contribution >= 4 is 23.2 Å². The van der Waals surface area contributed by atoms with Crippen molar-refractivity contribution in [2.75, 3.05) is 19.6 Å². The fourth-order valence-electron chi connectivity index (χ4n) is 1.96. The summed E-state index contributed by atoms with van der Waals surface area (Å²) in [7, 11) is 0. The lowest BCUT2D eigenvalue weighted by Crippen LogP contribution is -2.36. The lowest BCUT2D eigenvalue weighted by Gasteiger charge is -2.33. The van der Waals surface area contributed by atoms with E-state index in [4.69, 9.17) is 23.2 Å². The van der Waals surface area contributed by atoms with Crippen LogP contribution in [0.3, 0.4) is 0 Å². The van der Waals surface area contributed by atoms with Crippen molar-refractivity contribution in [3.8, 4) is 0 Å². The van der Waals surface area contributed by atoms with Crippen LogP contribution in [0.5, 0.6) is 0 Å². The average Bonchev–Trinajstić information content (AvgIpc) is 2.18. The number of hydrogen-bond donors (Lipinski definition) is 0. The minimum Gasteiger partial charge on any atom is -0.299 e. The standard InChI is InChI=1S/C11H19Cl2N/c1-9(7-12)8-14-5-3-11(4-6-14)10(2)13/h7,10-11H,3-6,8H2,1-2H3. The third kappa shape index (κ3) is 3.80. The van der Waals surface area contributed by atoms with Crippen LogP contribution >= 0.6 is 23.2 Å². The number of halogens is 2. The van der Waals surface area contributed by atoms with Gasteiger partial charge in [0.25, 0.3) is 0 Å². The Bertz CT molecular complexity index is 193. The predicted octanol–water partition coefficient (Wildman–Crippen LogP) is 3.47. The molecule has 0 radical (unpaired) electrons. The van der Waals surface area contributed by atoms with Crippen molar-refractivity contribution in [3.63, 3.8) is 0 Å². The summed E-state index contributed by atoms with van der Waals surface area (Å²) in [5.41, 5.74) is 2.92. The first kappa shape index (κ1) is 12.4. The van der Waals surface area contributed by atoms with E-state index in [-0.39, 0.29) is 0 Å². The number of likely N-dealkylation sites (tertiary alicyclic amines) is 1. The molecule has 1 rings (SSSR count). The third-order valence-electron chi connectivity index (χ3n) is 2.94. The van der Waals surface area contributed by atoms with E-state index < -0.39 is 0 Å². The third-order valence-corrected chi connectivity index (χ3v) is 3.67. The number of rotatable bonds is 3. The number of nitrogens with zero attached hydrogens (tertiary/aromatic N) is 1. The molecule has 0 saturated carbocycles. The van der Waals surface area contributed by atoms with Gasteiger partial charge in [-0.15, -0.1) is 11.6 Å². The fourth-order valence-corrected chi connectivity index (χ4v) is 2.28. The number of hydrogen-bond acceptors (Lipinski definition) is 1. The zero-order valence-electron chi connectivity index (χ0n) is 8.97. The van der Waals surface area contributed by atoms with Gasteiger partial charge in [0.1, 0.15) is 0 Å². The molecule has 0 amide bonds. The number of alkyl halides is 1. The van der Waals surface area contributed by atoms with Gasteiger partial charge in [0.15, 0.2) is 0 Å². The van der Waals surface area contributed by atoms with Crippen LogP contribution in [0.2, 0.25) is 0 Å². The lowest BCUT2D eigenvalue weighted by molar-refractivity contribution is 0.196. The fraction of sp³-hybridized carbons (Fsp3) is 0.818. The van der Waals surface area contributed by atoms with Gasteiger partial charge < -0.3 is 0 Å². The van der Waals surface area contributed by atoms with Gasteiger partial charge in [-0.25, -0.2) is 0 Å². The van der Waals surface area contributed by atoms with E-state index in [2.05, 4.69) is 18.7 Å². The second-order valence-corrected chi connectivity index (χ2v) is 5.15. The SMILES string of the molecule is CC(=CCl)CN1CCC(C(C)Cl)CC1. The van der Waals surface area contributed by atoms with Crippen LogP contribution < -0.4 is 0 Å². The van der Waals surface area contributed by atoms with Gasteiger partial charge in [-0.05, 0) is 51.3 Å². The molecule has 3 heteroatoms. The molecule has 0 spiro atoms. The van der Waals surface area contributed by atoms with Gasteiger partial charge in [-0.1, -0.05) is 11.6 Å². The Morgan fingerprint density at radius 3 is 2.50 bits per heavy atom. The topological polar surface area (TPSA) is 3.24 Å². The molecule has 1 fully saturated rings. The second-order valence-electron chi connectivity index (χ2n) is 4.25. The first-order valence-corrected chi connectivity index (χ1v) is 6.13. The van der Waals surface area contributed by atoms with Crippen molar-refractivity contribution in [3.05, 3.63) is 11.1 Å². The first-order chi connectivity index (χ1) is 6.63. The van der Waals surface area contributed by atoms with E-state index in [0.717, 1.165) is 19.6 Å². The summed E-state index contributed by atoms with van der Waals surface area (Å²) in [6.07, 6.45) is 2.44. The Morgan fingerprint density at radius 2 is 2.07 bits per heavy atom. The molecule has 1 heterocycles. The van der Waals surface area contributed by atoms with Crippen LogP contribution in [0.25, 0.3) is 0 Å². The van der Waals surface area contributed by atoms with E-state index in [9.17, 15) is 0 Å². The van der Waals surface area contributed by atoms with E-state index in [0.29, 0.717) is 11.3 Å². The molecule has 0 aliphatic carbocycles. The van der Waals surface area contributed by atoms with Crippen LogP contribution in [0.15, 0.2) is 11.1 Å². The molecule has 1 aliphatic rings. The Labute approximate surface area is 97.1 Å². The zero-order valence-corrected chi connectivity index (χ0v) is 10.5. The van der Waals surface area contributed by atoms with E-state index in [1.165, 1.54) is 18.4 Å². The van der Waals surface area contributed by atoms with Gasteiger partial charge in [-0.2, -0.15) is 0 Å².